The van der Waals surface area contributed by atoms with Crippen LogP contribution in [0.2, 0.25) is 0 Å². The van der Waals surface area contributed by atoms with E-state index in [4.69, 9.17) is 0 Å². The number of anilines is 1. The smallest absolute Gasteiger partial charge is 0.320 e. The molecule has 4 aromatic heterocycles. The molecule has 0 aliphatic carbocycles. The van der Waals surface area contributed by atoms with Gasteiger partial charge in [-0.25, -0.2) is 14.1 Å². The lowest BCUT2D eigenvalue weighted by Gasteiger charge is -2.14. The van der Waals surface area contributed by atoms with Crippen molar-refractivity contribution in [2.45, 2.75) is 6.18 Å². The van der Waals surface area contributed by atoms with E-state index in [9.17, 15) is 27.6 Å². The van der Waals surface area contributed by atoms with Gasteiger partial charge in [-0.3, -0.25) is 9.78 Å². The first kappa shape index (κ1) is 22.6. The molecule has 14 heteroatoms. The van der Waals surface area contributed by atoms with E-state index < -0.39 is 29.2 Å². The van der Waals surface area contributed by atoms with Crippen molar-refractivity contribution in [3.05, 3.63) is 84.0 Å². The van der Waals surface area contributed by atoms with Crippen LogP contribution in [0.4, 0.5) is 23.2 Å². The molecule has 178 valence electrons. The summed E-state index contributed by atoms with van der Waals surface area (Å²) in [6.07, 6.45) is 0.786. The number of nitrogens with zero attached hydrogens (tertiary/aromatic N) is 8. The highest BCUT2D eigenvalue weighted by Crippen LogP contribution is 2.35. The molecule has 1 amide bonds. The maximum absolute atomic E-state index is 14.2. The van der Waals surface area contributed by atoms with Gasteiger partial charge in [-0.05, 0) is 18.2 Å². The summed E-state index contributed by atoms with van der Waals surface area (Å²) in [5, 5.41) is 23.3. The summed E-state index contributed by atoms with van der Waals surface area (Å²) in [6.45, 7) is 0. The van der Waals surface area contributed by atoms with Gasteiger partial charge >= 0.3 is 6.18 Å². The number of alkyl halides is 3. The molecular weight excluding hydrogens is 482 g/mol. The number of amides is 1. The van der Waals surface area contributed by atoms with Gasteiger partial charge < -0.3 is 5.32 Å². The second kappa shape index (κ2) is 8.55. The van der Waals surface area contributed by atoms with Crippen LogP contribution >= 0.6 is 0 Å². The zero-order chi connectivity index (χ0) is 25.4. The van der Waals surface area contributed by atoms with E-state index in [0.29, 0.717) is 4.68 Å². The van der Waals surface area contributed by atoms with Crippen molar-refractivity contribution >= 4 is 22.5 Å². The first-order valence-electron chi connectivity index (χ1n) is 10.0. The Morgan fingerprint density at radius 1 is 1.03 bits per heavy atom. The molecule has 0 aliphatic heterocycles. The predicted octanol–water partition coefficient (Wildman–Crippen LogP) is 3.68. The Hall–Kier alpha value is -5.19. The Morgan fingerprint density at radius 2 is 1.81 bits per heavy atom. The third kappa shape index (κ3) is 3.88. The standard InChI is InChI=1S/C22H11F4N9O/c23-16-3-1-2-14-17(4-5-28-18(14)16)34-19(22(24,25)26)15(11-32-34)21(36)33-13-8-12(9-27)20(29-10-13)35-30-6-7-31-35/h1-8,10-11H,(H,33,36). The predicted molar refractivity (Wildman–Crippen MR) is 116 cm³/mol. The number of fused-ring (bicyclic) bond motifs is 1. The quantitative estimate of drug-likeness (QED) is 0.379. The zero-order valence-electron chi connectivity index (χ0n) is 17.8. The SMILES string of the molecule is N#Cc1cc(NC(=O)c2cnn(-c3ccnc4c(F)cccc34)c2C(F)(F)F)cnc1-n1nccn1. The van der Waals surface area contributed by atoms with E-state index in [0.717, 1.165) is 29.5 Å². The van der Waals surface area contributed by atoms with Crippen molar-refractivity contribution in [2.24, 2.45) is 0 Å². The lowest BCUT2D eigenvalue weighted by Crippen LogP contribution is -2.21. The average Bonchev–Trinajstić information content (AvgIpc) is 3.54. The minimum absolute atomic E-state index is 0.0268. The molecule has 0 unspecified atom stereocenters. The van der Waals surface area contributed by atoms with Crippen LogP contribution in [0.1, 0.15) is 21.6 Å². The first-order valence-corrected chi connectivity index (χ1v) is 10.0. The fourth-order valence-corrected chi connectivity index (χ4v) is 3.57. The minimum Gasteiger partial charge on any atom is -0.320 e. The number of pyridine rings is 2. The number of nitriles is 1. The molecule has 0 saturated carbocycles. The monoisotopic (exact) mass is 493 g/mol. The van der Waals surface area contributed by atoms with E-state index in [-0.39, 0.29) is 33.7 Å². The molecule has 36 heavy (non-hydrogen) atoms. The van der Waals surface area contributed by atoms with Gasteiger partial charge in [0.1, 0.15) is 23.0 Å². The van der Waals surface area contributed by atoms with Crippen LogP contribution in [0.15, 0.2) is 61.3 Å². The summed E-state index contributed by atoms with van der Waals surface area (Å²) in [7, 11) is 0. The highest BCUT2D eigenvalue weighted by Gasteiger charge is 2.41. The molecule has 0 bridgehead atoms. The highest BCUT2D eigenvalue weighted by atomic mass is 19.4. The average molecular weight is 493 g/mol. The molecule has 0 aliphatic rings. The van der Waals surface area contributed by atoms with Crippen LogP contribution in [0.3, 0.4) is 0 Å². The van der Waals surface area contributed by atoms with Crippen LogP contribution in [0.25, 0.3) is 22.4 Å². The molecule has 0 spiro atoms. The highest BCUT2D eigenvalue weighted by molar-refractivity contribution is 6.05. The zero-order valence-corrected chi connectivity index (χ0v) is 17.8. The van der Waals surface area contributed by atoms with Gasteiger partial charge in [0.25, 0.3) is 5.91 Å². The maximum atomic E-state index is 14.2. The van der Waals surface area contributed by atoms with Crippen molar-refractivity contribution in [2.75, 3.05) is 5.32 Å². The minimum atomic E-state index is -5.00. The largest absolute Gasteiger partial charge is 0.434 e. The van der Waals surface area contributed by atoms with Gasteiger partial charge in [-0.2, -0.15) is 33.7 Å². The van der Waals surface area contributed by atoms with Gasteiger partial charge in [0.15, 0.2) is 11.5 Å². The molecule has 10 nitrogen and oxygen atoms in total. The number of nitrogens with one attached hydrogen (secondary N) is 1. The summed E-state index contributed by atoms with van der Waals surface area (Å²) in [5.74, 6) is -1.79. The van der Waals surface area contributed by atoms with E-state index in [2.05, 4.69) is 30.6 Å². The first-order chi connectivity index (χ1) is 17.3. The van der Waals surface area contributed by atoms with Crippen molar-refractivity contribution in [3.8, 4) is 17.6 Å². The number of hydrogen-bond donors (Lipinski definition) is 1. The number of hydrogen-bond acceptors (Lipinski definition) is 7. The number of carbonyl (C=O) groups excluding carboxylic acids is 1. The van der Waals surface area contributed by atoms with E-state index in [1.54, 1.807) is 0 Å². The summed E-state index contributed by atoms with van der Waals surface area (Å²) < 4.78 is 57.1. The maximum Gasteiger partial charge on any atom is 0.434 e. The van der Waals surface area contributed by atoms with Crippen molar-refractivity contribution < 1.29 is 22.4 Å². The molecule has 5 rings (SSSR count). The van der Waals surface area contributed by atoms with Gasteiger partial charge in [0, 0.05) is 11.6 Å². The van der Waals surface area contributed by atoms with E-state index in [1.807, 2.05) is 6.07 Å². The number of carbonyl (C=O) groups is 1. The lowest BCUT2D eigenvalue weighted by atomic mass is 10.1. The number of halogens is 4. The molecule has 5 aromatic rings. The van der Waals surface area contributed by atoms with Crippen molar-refractivity contribution in [1.29, 1.82) is 5.26 Å². The van der Waals surface area contributed by atoms with Crippen LogP contribution in [-0.2, 0) is 6.18 Å². The third-order valence-corrected chi connectivity index (χ3v) is 5.06. The van der Waals surface area contributed by atoms with Crippen LogP contribution in [0.5, 0.6) is 0 Å². The van der Waals surface area contributed by atoms with Gasteiger partial charge in [-0.15, -0.1) is 4.80 Å². The Morgan fingerprint density at radius 3 is 2.53 bits per heavy atom. The fourth-order valence-electron chi connectivity index (χ4n) is 3.57. The summed E-state index contributed by atoms with van der Waals surface area (Å²) >= 11 is 0. The molecular formula is C22H11F4N9O. The fraction of sp³-hybridized carbons (Fsp3) is 0.0455. The summed E-state index contributed by atoms with van der Waals surface area (Å²) in [6, 6.07) is 8.18. The number of rotatable bonds is 4. The van der Waals surface area contributed by atoms with Crippen LogP contribution in [0, 0.1) is 17.1 Å². The normalized spacial score (nSPS) is 11.4. The van der Waals surface area contributed by atoms with E-state index >= 15 is 0 Å². The second-order valence-corrected chi connectivity index (χ2v) is 7.26. The van der Waals surface area contributed by atoms with E-state index in [1.165, 1.54) is 36.7 Å². The third-order valence-electron chi connectivity index (χ3n) is 5.06. The lowest BCUT2D eigenvalue weighted by molar-refractivity contribution is -0.143. The topological polar surface area (TPSA) is 127 Å². The Labute approximate surface area is 198 Å². The van der Waals surface area contributed by atoms with Crippen LogP contribution < -0.4 is 5.32 Å². The molecule has 1 aromatic carbocycles. The van der Waals surface area contributed by atoms with Gasteiger partial charge in [0.05, 0.1) is 41.7 Å². The molecule has 1 N–H and O–H groups in total. The molecule has 0 radical (unpaired) electrons. The molecule has 0 atom stereocenters. The number of aromatic nitrogens is 7. The van der Waals surface area contributed by atoms with Gasteiger partial charge in [0.2, 0.25) is 0 Å². The number of para-hydroxylation sites is 1. The molecule has 0 saturated heterocycles. The number of benzene rings is 1. The van der Waals surface area contributed by atoms with Crippen LogP contribution in [-0.4, -0.2) is 40.6 Å². The molecule has 4 heterocycles. The second-order valence-electron chi connectivity index (χ2n) is 7.26. The Kier molecular flexibility index (Phi) is 5.36. The molecule has 0 fully saturated rings. The van der Waals surface area contributed by atoms with Gasteiger partial charge in [-0.1, -0.05) is 12.1 Å². The Balaban J connectivity index is 1.55. The summed E-state index contributed by atoms with van der Waals surface area (Å²) in [5.41, 5.74) is -2.49. The summed E-state index contributed by atoms with van der Waals surface area (Å²) in [4.78, 5) is 21.9. The Bertz CT molecular complexity index is 1650. The van der Waals surface area contributed by atoms with Crippen molar-refractivity contribution in [1.82, 2.24) is 34.7 Å². The van der Waals surface area contributed by atoms with Crippen molar-refractivity contribution in [3.63, 3.8) is 0 Å².